The average molecular weight is 394 g/mol. The molecule has 8 heteroatoms. The van der Waals surface area contributed by atoms with Crippen molar-refractivity contribution >= 4 is 35.0 Å². The first-order chi connectivity index (χ1) is 12.8. The number of thioether (sulfide) groups is 1. The Morgan fingerprint density at radius 1 is 1.15 bits per heavy atom. The van der Waals surface area contributed by atoms with E-state index in [0.717, 1.165) is 6.42 Å². The minimum atomic E-state index is -4.29. The van der Waals surface area contributed by atoms with Gasteiger partial charge in [-0.15, -0.1) is 11.8 Å². The summed E-state index contributed by atoms with van der Waals surface area (Å²) in [5.41, 5.74) is 1.30. The van der Waals surface area contributed by atoms with Crippen molar-refractivity contribution in [3.8, 4) is 0 Å². The fourth-order valence-corrected chi connectivity index (χ4v) is 3.55. The number of halogens is 3. The zero-order valence-corrected chi connectivity index (χ0v) is 15.1. The number of carbonyl (C=O) groups is 2. The van der Waals surface area contributed by atoms with Gasteiger partial charge in [0, 0.05) is 29.1 Å². The van der Waals surface area contributed by atoms with Crippen LogP contribution in [0.5, 0.6) is 0 Å². The molecule has 1 fully saturated rings. The topological polar surface area (TPSA) is 49.4 Å². The summed E-state index contributed by atoms with van der Waals surface area (Å²) in [6.07, 6.45) is -3.03. The van der Waals surface area contributed by atoms with E-state index in [1.807, 2.05) is 0 Å². The molecule has 3 rings (SSSR count). The van der Waals surface area contributed by atoms with Crippen molar-refractivity contribution in [2.24, 2.45) is 0 Å². The van der Waals surface area contributed by atoms with Crippen LogP contribution in [0.3, 0.4) is 0 Å². The number of alkyl halides is 3. The number of anilines is 2. The van der Waals surface area contributed by atoms with Crippen LogP contribution in [0.2, 0.25) is 0 Å². The Morgan fingerprint density at radius 3 is 2.63 bits per heavy atom. The quantitative estimate of drug-likeness (QED) is 0.747. The van der Waals surface area contributed by atoms with Crippen molar-refractivity contribution in [2.75, 3.05) is 22.5 Å². The number of carbonyl (C=O) groups excluding carboxylic acids is 2. The fraction of sp³-hybridized carbons (Fsp3) is 0.263. The maximum Gasteiger partial charge on any atom is 0.398 e. The minimum absolute atomic E-state index is 0.0152. The smallest absolute Gasteiger partial charge is 0.321 e. The molecule has 0 radical (unpaired) electrons. The summed E-state index contributed by atoms with van der Waals surface area (Å²) in [6.45, 7) is 0.612. The van der Waals surface area contributed by atoms with Crippen LogP contribution in [0.15, 0.2) is 53.4 Å². The summed E-state index contributed by atoms with van der Waals surface area (Å²) in [7, 11) is 0. The molecule has 0 saturated carbocycles. The predicted molar refractivity (Wildman–Crippen MR) is 99.2 cm³/mol. The number of para-hydroxylation sites is 1. The lowest BCUT2D eigenvalue weighted by Gasteiger charge is -2.17. The molecule has 1 aliphatic heterocycles. The van der Waals surface area contributed by atoms with Crippen LogP contribution >= 0.6 is 11.8 Å². The molecule has 0 aromatic heterocycles. The van der Waals surface area contributed by atoms with E-state index in [4.69, 9.17) is 0 Å². The van der Waals surface area contributed by atoms with Gasteiger partial charge in [0.25, 0.3) is 5.91 Å². The van der Waals surface area contributed by atoms with E-state index in [1.54, 1.807) is 47.4 Å². The van der Waals surface area contributed by atoms with Crippen molar-refractivity contribution in [3.05, 3.63) is 54.1 Å². The van der Waals surface area contributed by atoms with E-state index >= 15 is 0 Å². The SMILES string of the molecule is O=C(Nc1ccccc1SCC(F)(F)F)c1cccc(N2CCCC2=O)c1. The lowest BCUT2D eigenvalue weighted by Crippen LogP contribution is -2.24. The van der Waals surface area contributed by atoms with Crippen LogP contribution < -0.4 is 10.2 Å². The van der Waals surface area contributed by atoms with Crippen molar-refractivity contribution in [2.45, 2.75) is 23.9 Å². The van der Waals surface area contributed by atoms with Gasteiger partial charge in [-0.05, 0) is 36.8 Å². The highest BCUT2D eigenvalue weighted by atomic mass is 32.2. The summed E-state index contributed by atoms with van der Waals surface area (Å²) < 4.78 is 37.5. The van der Waals surface area contributed by atoms with Gasteiger partial charge in [0.2, 0.25) is 5.91 Å². The highest BCUT2D eigenvalue weighted by Crippen LogP contribution is 2.32. The lowest BCUT2D eigenvalue weighted by molar-refractivity contribution is -0.117. The van der Waals surface area contributed by atoms with Crippen LogP contribution in [-0.4, -0.2) is 30.3 Å². The van der Waals surface area contributed by atoms with E-state index in [-0.39, 0.29) is 5.91 Å². The number of nitrogens with one attached hydrogen (secondary N) is 1. The number of rotatable bonds is 5. The standard InChI is InChI=1S/C19H17F3N2O2S/c20-19(21,22)12-27-16-8-2-1-7-15(16)23-18(26)13-5-3-6-14(11-13)24-10-4-9-17(24)25/h1-3,5-8,11H,4,9-10,12H2,(H,23,26). The molecule has 0 aliphatic carbocycles. The number of amides is 2. The maximum atomic E-state index is 12.6. The summed E-state index contributed by atoms with van der Waals surface area (Å²) in [4.78, 5) is 26.4. The Labute approximate surface area is 158 Å². The normalized spacial score (nSPS) is 14.5. The second kappa shape index (κ2) is 8.04. The van der Waals surface area contributed by atoms with Crippen LogP contribution in [0.4, 0.5) is 24.5 Å². The van der Waals surface area contributed by atoms with Gasteiger partial charge >= 0.3 is 6.18 Å². The third-order valence-electron chi connectivity index (χ3n) is 4.02. The van der Waals surface area contributed by atoms with Crippen LogP contribution in [-0.2, 0) is 4.79 Å². The van der Waals surface area contributed by atoms with Gasteiger partial charge in [0.1, 0.15) is 0 Å². The molecule has 1 heterocycles. The van der Waals surface area contributed by atoms with E-state index < -0.39 is 17.8 Å². The maximum absolute atomic E-state index is 12.6. The fourth-order valence-electron chi connectivity index (χ4n) is 2.79. The van der Waals surface area contributed by atoms with Gasteiger partial charge in [0.15, 0.2) is 0 Å². The van der Waals surface area contributed by atoms with E-state index in [0.29, 0.717) is 46.6 Å². The Hall–Kier alpha value is -2.48. The molecule has 2 aromatic rings. The number of hydrogen-bond donors (Lipinski definition) is 1. The van der Waals surface area contributed by atoms with Gasteiger partial charge < -0.3 is 10.2 Å². The lowest BCUT2D eigenvalue weighted by atomic mass is 10.1. The summed E-state index contributed by atoms with van der Waals surface area (Å²) in [5.74, 6) is -1.46. The van der Waals surface area contributed by atoms with Crippen LogP contribution in [0, 0.1) is 0 Å². The van der Waals surface area contributed by atoms with E-state index in [2.05, 4.69) is 5.32 Å². The molecule has 27 heavy (non-hydrogen) atoms. The second-order valence-corrected chi connectivity index (χ2v) is 7.07. The van der Waals surface area contributed by atoms with Crippen molar-refractivity contribution in [1.82, 2.24) is 0 Å². The highest BCUT2D eigenvalue weighted by Gasteiger charge is 2.28. The molecule has 1 saturated heterocycles. The van der Waals surface area contributed by atoms with Crippen molar-refractivity contribution in [3.63, 3.8) is 0 Å². The molecule has 0 bridgehead atoms. The van der Waals surface area contributed by atoms with Gasteiger partial charge in [-0.3, -0.25) is 9.59 Å². The summed E-state index contributed by atoms with van der Waals surface area (Å²) in [6, 6.07) is 13.0. The van der Waals surface area contributed by atoms with E-state index in [1.165, 1.54) is 6.07 Å². The molecule has 1 aliphatic rings. The largest absolute Gasteiger partial charge is 0.398 e. The zero-order chi connectivity index (χ0) is 19.4. The predicted octanol–water partition coefficient (Wildman–Crippen LogP) is 4.72. The molecule has 2 amide bonds. The molecule has 4 nitrogen and oxygen atoms in total. The third kappa shape index (κ3) is 5.03. The van der Waals surface area contributed by atoms with E-state index in [9.17, 15) is 22.8 Å². The Morgan fingerprint density at radius 2 is 1.93 bits per heavy atom. The molecule has 2 aromatic carbocycles. The molecule has 1 N–H and O–H groups in total. The number of nitrogens with zero attached hydrogens (tertiary/aromatic N) is 1. The first-order valence-corrected chi connectivity index (χ1v) is 9.32. The monoisotopic (exact) mass is 394 g/mol. The first kappa shape index (κ1) is 19.3. The second-order valence-electron chi connectivity index (χ2n) is 6.05. The Bertz CT molecular complexity index is 855. The number of benzene rings is 2. The van der Waals surface area contributed by atoms with Gasteiger partial charge in [-0.2, -0.15) is 13.2 Å². The molecule has 0 atom stereocenters. The molecular weight excluding hydrogens is 377 g/mol. The first-order valence-electron chi connectivity index (χ1n) is 8.34. The molecule has 142 valence electrons. The third-order valence-corrected chi connectivity index (χ3v) is 5.16. The molecule has 0 spiro atoms. The summed E-state index contributed by atoms with van der Waals surface area (Å²) >= 11 is 0.622. The van der Waals surface area contributed by atoms with Crippen LogP contribution in [0.25, 0.3) is 0 Å². The molecular formula is C19H17F3N2O2S. The van der Waals surface area contributed by atoms with Gasteiger partial charge in [0.05, 0.1) is 11.4 Å². The van der Waals surface area contributed by atoms with Gasteiger partial charge in [-0.1, -0.05) is 18.2 Å². The minimum Gasteiger partial charge on any atom is -0.321 e. The Kier molecular flexibility index (Phi) is 5.74. The summed E-state index contributed by atoms with van der Waals surface area (Å²) in [5, 5.41) is 2.66. The zero-order valence-electron chi connectivity index (χ0n) is 14.3. The highest BCUT2D eigenvalue weighted by molar-refractivity contribution is 7.99. The Balaban J connectivity index is 1.75. The number of hydrogen-bond acceptors (Lipinski definition) is 3. The van der Waals surface area contributed by atoms with Crippen LogP contribution in [0.1, 0.15) is 23.2 Å². The average Bonchev–Trinajstić information content (AvgIpc) is 3.06. The molecule has 0 unspecified atom stereocenters. The van der Waals surface area contributed by atoms with Crippen molar-refractivity contribution in [1.29, 1.82) is 0 Å². The van der Waals surface area contributed by atoms with Gasteiger partial charge in [-0.25, -0.2) is 0 Å². The van der Waals surface area contributed by atoms with Crippen molar-refractivity contribution < 1.29 is 22.8 Å².